The minimum absolute atomic E-state index is 0.268. The van der Waals surface area contributed by atoms with Gasteiger partial charge in [-0.1, -0.05) is 41.9 Å². The Labute approximate surface area is 182 Å². The fraction of sp³-hybridized carbons (Fsp3) is 0.429. The van der Waals surface area contributed by atoms with Crippen LogP contribution in [0.15, 0.2) is 48.7 Å². The maximum atomic E-state index is 12.8. The molecule has 0 amide bonds. The van der Waals surface area contributed by atoms with Crippen LogP contribution in [0, 0.1) is 0 Å². The number of nitrogens with one attached hydrogen (secondary N) is 1. The van der Waals surface area contributed by atoms with E-state index in [1.807, 2.05) is 18.2 Å². The highest BCUT2D eigenvalue weighted by Crippen LogP contribution is 2.23. The number of hydrogen-bond acceptors (Lipinski definition) is 5. The van der Waals surface area contributed by atoms with Crippen LogP contribution in [0.2, 0.25) is 5.15 Å². The number of anilines is 1. The van der Waals surface area contributed by atoms with Crippen LogP contribution in [-0.4, -0.2) is 42.9 Å². The van der Waals surface area contributed by atoms with E-state index in [1.54, 1.807) is 0 Å². The van der Waals surface area contributed by atoms with E-state index in [1.165, 1.54) is 28.2 Å². The van der Waals surface area contributed by atoms with Gasteiger partial charge >= 0.3 is 16.2 Å². The standard InChI is InChI=1S/C21H26ClN3O4S/c22-20-13-12-18(16-23-20)24-30(27,28)25-14-6-4-11-19(25)21(26)29-15-7-5-10-17-8-2-1-3-9-17/h1-3,8-9,12-13,16,19,24H,4-7,10-11,14-15H2/t19-/m0/s1. The smallest absolute Gasteiger partial charge is 0.324 e. The van der Waals surface area contributed by atoms with E-state index in [4.69, 9.17) is 16.3 Å². The van der Waals surface area contributed by atoms with E-state index in [0.29, 0.717) is 12.8 Å². The first-order valence-electron chi connectivity index (χ1n) is 10.1. The Kier molecular flexibility index (Phi) is 8.07. The number of halogens is 1. The Hall–Kier alpha value is -2.16. The molecule has 162 valence electrons. The summed E-state index contributed by atoms with van der Waals surface area (Å²) >= 11 is 5.74. The zero-order chi connectivity index (χ0) is 21.4. The number of benzene rings is 1. The second kappa shape index (κ2) is 10.7. The highest BCUT2D eigenvalue weighted by Gasteiger charge is 2.37. The van der Waals surface area contributed by atoms with Crippen LogP contribution < -0.4 is 4.72 Å². The van der Waals surface area contributed by atoms with Gasteiger partial charge in [-0.3, -0.25) is 9.52 Å². The molecule has 0 saturated carbocycles. The predicted molar refractivity (Wildman–Crippen MR) is 116 cm³/mol. The quantitative estimate of drug-likeness (QED) is 0.355. The molecule has 7 nitrogen and oxygen atoms in total. The molecule has 0 unspecified atom stereocenters. The van der Waals surface area contributed by atoms with E-state index in [-0.39, 0.29) is 24.0 Å². The molecule has 2 aromatic rings. The van der Waals surface area contributed by atoms with Crippen LogP contribution >= 0.6 is 11.6 Å². The SMILES string of the molecule is O=C(OCCCCc1ccccc1)[C@@H]1CCCCN1S(=O)(=O)Nc1ccc(Cl)nc1. The van der Waals surface area contributed by atoms with E-state index in [0.717, 1.165) is 25.7 Å². The van der Waals surface area contributed by atoms with E-state index in [2.05, 4.69) is 21.8 Å². The highest BCUT2D eigenvalue weighted by atomic mass is 35.5. The van der Waals surface area contributed by atoms with Crippen LogP contribution in [0.4, 0.5) is 5.69 Å². The molecule has 1 aromatic carbocycles. The Morgan fingerprint density at radius 1 is 1.17 bits per heavy atom. The third-order valence-electron chi connectivity index (χ3n) is 4.96. The summed E-state index contributed by atoms with van der Waals surface area (Å²) in [6.45, 7) is 0.550. The molecule has 0 bridgehead atoms. The number of carbonyl (C=O) groups is 1. The van der Waals surface area contributed by atoms with Gasteiger partial charge in [0.15, 0.2) is 0 Å². The summed E-state index contributed by atoms with van der Waals surface area (Å²) in [5.41, 5.74) is 1.54. The zero-order valence-corrected chi connectivity index (χ0v) is 18.2. The van der Waals surface area contributed by atoms with Crippen molar-refractivity contribution in [3.8, 4) is 0 Å². The molecule has 1 aliphatic heterocycles. The zero-order valence-electron chi connectivity index (χ0n) is 16.7. The molecular weight excluding hydrogens is 426 g/mol. The lowest BCUT2D eigenvalue weighted by atomic mass is 10.1. The van der Waals surface area contributed by atoms with Gasteiger partial charge in [-0.2, -0.15) is 12.7 Å². The number of ether oxygens (including phenoxy) is 1. The van der Waals surface area contributed by atoms with Crippen LogP contribution in [0.1, 0.15) is 37.7 Å². The normalized spacial score (nSPS) is 17.4. The summed E-state index contributed by atoms with van der Waals surface area (Å²) in [5, 5.41) is 0.268. The molecule has 0 spiro atoms. The maximum absolute atomic E-state index is 12.8. The van der Waals surface area contributed by atoms with Gasteiger partial charge in [0, 0.05) is 6.54 Å². The van der Waals surface area contributed by atoms with Gasteiger partial charge in [0.25, 0.3) is 0 Å². The monoisotopic (exact) mass is 451 g/mol. The van der Waals surface area contributed by atoms with E-state index >= 15 is 0 Å². The molecule has 1 atom stereocenters. The number of aromatic nitrogens is 1. The summed E-state index contributed by atoms with van der Waals surface area (Å²) in [4.78, 5) is 16.5. The number of esters is 1. The lowest BCUT2D eigenvalue weighted by Crippen LogP contribution is -2.50. The number of pyridine rings is 1. The first-order valence-corrected chi connectivity index (χ1v) is 11.9. The topological polar surface area (TPSA) is 88.6 Å². The molecule has 1 fully saturated rings. The number of piperidine rings is 1. The molecule has 1 saturated heterocycles. The van der Waals surface area contributed by atoms with E-state index in [9.17, 15) is 13.2 Å². The summed E-state index contributed by atoms with van der Waals surface area (Å²) < 4.78 is 34.7. The third-order valence-corrected chi connectivity index (χ3v) is 6.73. The van der Waals surface area contributed by atoms with Gasteiger partial charge in [-0.15, -0.1) is 0 Å². The van der Waals surface area contributed by atoms with Gasteiger partial charge in [0.2, 0.25) is 0 Å². The number of unbranched alkanes of at least 4 members (excludes halogenated alkanes) is 1. The maximum Gasteiger partial charge on any atom is 0.324 e. The lowest BCUT2D eigenvalue weighted by molar-refractivity contribution is -0.149. The van der Waals surface area contributed by atoms with Gasteiger partial charge in [-0.25, -0.2) is 4.98 Å². The van der Waals surface area contributed by atoms with Crippen LogP contribution in [0.25, 0.3) is 0 Å². The van der Waals surface area contributed by atoms with Crippen molar-refractivity contribution in [3.05, 3.63) is 59.4 Å². The van der Waals surface area contributed by atoms with Crippen molar-refractivity contribution in [3.63, 3.8) is 0 Å². The summed E-state index contributed by atoms with van der Waals surface area (Å²) in [6, 6.07) is 12.3. The fourth-order valence-electron chi connectivity index (χ4n) is 3.42. The first kappa shape index (κ1) is 22.5. The summed E-state index contributed by atoms with van der Waals surface area (Å²) in [6.07, 6.45) is 5.81. The molecule has 9 heteroatoms. The average Bonchev–Trinajstić information content (AvgIpc) is 2.75. The molecule has 0 radical (unpaired) electrons. The minimum Gasteiger partial charge on any atom is -0.464 e. The molecule has 30 heavy (non-hydrogen) atoms. The molecule has 3 rings (SSSR count). The predicted octanol–water partition coefficient (Wildman–Crippen LogP) is 3.81. The first-order chi connectivity index (χ1) is 14.5. The van der Waals surface area contributed by atoms with Gasteiger partial charge in [-0.05, 0) is 56.2 Å². The average molecular weight is 452 g/mol. The second-order valence-electron chi connectivity index (χ2n) is 7.21. The highest BCUT2D eigenvalue weighted by molar-refractivity contribution is 7.90. The Morgan fingerprint density at radius 2 is 1.97 bits per heavy atom. The molecule has 1 aliphatic rings. The van der Waals surface area contributed by atoms with Crippen molar-refractivity contribution in [2.75, 3.05) is 17.9 Å². The van der Waals surface area contributed by atoms with Crippen molar-refractivity contribution in [1.29, 1.82) is 0 Å². The van der Waals surface area contributed by atoms with Crippen molar-refractivity contribution in [2.45, 2.75) is 44.6 Å². The third kappa shape index (κ3) is 6.42. The van der Waals surface area contributed by atoms with Gasteiger partial charge in [0.05, 0.1) is 18.5 Å². The molecule has 0 aliphatic carbocycles. The van der Waals surface area contributed by atoms with Crippen LogP contribution in [0.5, 0.6) is 0 Å². The second-order valence-corrected chi connectivity index (χ2v) is 9.22. The lowest BCUT2D eigenvalue weighted by Gasteiger charge is -2.33. The van der Waals surface area contributed by atoms with E-state index < -0.39 is 22.2 Å². The van der Waals surface area contributed by atoms with Crippen LogP contribution in [-0.2, 0) is 26.2 Å². The Morgan fingerprint density at radius 3 is 2.70 bits per heavy atom. The number of carbonyl (C=O) groups excluding carboxylic acids is 1. The number of rotatable bonds is 9. The summed E-state index contributed by atoms with van der Waals surface area (Å²) in [7, 11) is -3.92. The molecule has 1 aromatic heterocycles. The minimum atomic E-state index is -3.92. The molecule has 1 N–H and O–H groups in total. The van der Waals surface area contributed by atoms with Crippen LogP contribution in [0.3, 0.4) is 0 Å². The van der Waals surface area contributed by atoms with Gasteiger partial charge in [0.1, 0.15) is 11.2 Å². The van der Waals surface area contributed by atoms with Crippen molar-refractivity contribution >= 4 is 33.5 Å². The molecule has 2 heterocycles. The summed E-state index contributed by atoms with van der Waals surface area (Å²) in [5.74, 6) is -0.492. The Bertz CT molecular complexity index is 923. The number of aryl methyl sites for hydroxylation is 1. The van der Waals surface area contributed by atoms with Gasteiger partial charge < -0.3 is 4.74 Å². The van der Waals surface area contributed by atoms with Crippen molar-refractivity contribution in [2.24, 2.45) is 0 Å². The fourth-order valence-corrected chi connectivity index (χ4v) is 4.96. The number of hydrogen-bond donors (Lipinski definition) is 1. The van der Waals surface area contributed by atoms with Crippen molar-refractivity contribution < 1.29 is 17.9 Å². The Balaban J connectivity index is 1.52. The van der Waals surface area contributed by atoms with Crippen molar-refractivity contribution in [1.82, 2.24) is 9.29 Å². The number of nitrogens with zero attached hydrogens (tertiary/aromatic N) is 2. The largest absolute Gasteiger partial charge is 0.464 e. The molecular formula is C21H26ClN3O4S.